The van der Waals surface area contributed by atoms with Gasteiger partial charge in [-0.05, 0) is 18.6 Å². The highest BCUT2D eigenvalue weighted by atomic mass is 19.1. The van der Waals surface area contributed by atoms with Gasteiger partial charge in [-0.25, -0.2) is 4.39 Å². The molecule has 1 heteroatoms. The summed E-state index contributed by atoms with van der Waals surface area (Å²) in [5.41, 5.74) is 1.34. The van der Waals surface area contributed by atoms with Crippen LogP contribution in [0.5, 0.6) is 0 Å². The first-order chi connectivity index (χ1) is 6.20. The van der Waals surface area contributed by atoms with Crippen LogP contribution in [0, 0.1) is 12.7 Å². The van der Waals surface area contributed by atoms with Crippen LogP contribution < -0.4 is 0 Å². The molecule has 1 atom stereocenters. The molecule has 67 valence electrons. The number of benzene rings is 1. The predicted molar refractivity (Wildman–Crippen MR) is 54.8 cm³/mol. The average Bonchev–Trinajstić information content (AvgIpc) is 2.16. The molecule has 0 amide bonds. The van der Waals surface area contributed by atoms with Crippen LogP contribution in [0.4, 0.5) is 4.39 Å². The molecule has 0 aliphatic rings. The van der Waals surface area contributed by atoms with E-state index in [2.05, 4.69) is 20.1 Å². The van der Waals surface area contributed by atoms with Gasteiger partial charge in [-0.2, -0.15) is 0 Å². The average molecular weight is 175 g/mol. The van der Waals surface area contributed by atoms with E-state index in [9.17, 15) is 4.39 Å². The minimum absolute atomic E-state index is 0.0938. The highest BCUT2D eigenvalue weighted by molar-refractivity contribution is 5.54. The number of allylic oxidation sites excluding steroid dienone is 1. The summed E-state index contributed by atoms with van der Waals surface area (Å²) in [4.78, 5) is 0. The van der Waals surface area contributed by atoms with Crippen molar-refractivity contribution in [1.82, 2.24) is 0 Å². The highest BCUT2D eigenvalue weighted by Gasteiger charge is 2.08. The van der Waals surface area contributed by atoms with Crippen molar-refractivity contribution in [2.45, 2.75) is 5.92 Å². The van der Waals surface area contributed by atoms with Crippen LogP contribution in [0.1, 0.15) is 17.0 Å². The van der Waals surface area contributed by atoms with E-state index >= 15 is 0 Å². The van der Waals surface area contributed by atoms with Crippen LogP contribution in [-0.2, 0) is 0 Å². The second-order valence-corrected chi connectivity index (χ2v) is 2.79. The lowest BCUT2D eigenvalue weighted by Crippen LogP contribution is -1.95. The van der Waals surface area contributed by atoms with Crippen LogP contribution in [0.25, 0.3) is 6.08 Å². The standard InChI is InChI=1S/C12H12F/c1-4-9(3)11-7-6-8-12(13)10(11)5-2/h4-9H,1-3H2. The van der Waals surface area contributed by atoms with Crippen molar-refractivity contribution in [2.75, 3.05) is 0 Å². The van der Waals surface area contributed by atoms with E-state index in [1.807, 2.05) is 6.07 Å². The van der Waals surface area contributed by atoms with Crippen molar-refractivity contribution >= 4 is 6.08 Å². The van der Waals surface area contributed by atoms with Gasteiger partial charge in [-0.15, -0.1) is 6.58 Å². The number of rotatable bonds is 3. The molecule has 0 heterocycles. The normalized spacial score (nSPS) is 12.2. The Morgan fingerprint density at radius 3 is 2.54 bits per heavy atom. The summed E-state index contributed by atoms with van der Waals surface area (Å²) >= 11 is 0. The molecule has 0 fully saturated rings. The topological polar surface area (TPSA) is 0 Å². The minimum Gasteiger partial charge on any atom is -0.206 e. The lowest BCUT2D eigenvalue weighted by Gasteiger charge is -2.10. The van der Waals surface area contributed by atoms with E-state index in [1.54, 1.807) is 12.1 Å². The molecule has 1 aromatic carbocycles. The molecule has 1 radical (unpaired) electrons. The van der Waals surface area contributed by atoms with Crippen LogP contribution in [-0.4, -0.2) is 0 Å². The second-order valence-electron chi connectivity index (χ2n) is 2.79. The van der Waals surface area contributed by atoms with E-state index in [-0.39, 0.29) is 11.7 Å². The Hall–Kier alpha value is -1.37. The zero-order chi connectivity index (χ0) is 9.84. The fourth-order valence-electron chi connectivity index (χ4n) is 1.22. The molecular formula is C12H12F. The van der Waals surface area contributed by atoms with Gasteiger partial charge >= 0.3 is 0 Å². The molecule has 13 heavy (non-hydrogen) atoms. The fourth-order valence-corrected chi connectivity index (χ4v) is 1.22. The summed E-state index contributed by atoms with van der Waals surface area (Å²) in [7, 11) is 0. The number of hydrogen-bond donors (Lipinski definition) is 0. The third-order valence-electron chi connectivity index (χ3n) is 1.97. The van der Waals surface area contributed by atoms with Gasteiger partial charge < -0.3 is 0 Å². The van der Waals surface area contributed by atoms with Crippen molar-refractivity contribution in [3.63, 3.8) is 0 Å². The molecule has 0 nitrogen and oxygen atoms in total. The Morgan fingerprint density at radius 2 is 2.00 bits per heavy atom. The molecule has 0 saturated carbocycles. The Labute approximate surface area is 78.4 Å². The second kappa shape index (κ2) is 4.04. The molecule has 1 unspecified atom stereocenters. The molecular weight excluding hydrogens is 163 g/mol. The first-order valence-electron chi connectivity index (χ1n) is 4.07. The molecule has 0 aliphatic carbocycles. The summed E-state index contributed by atoms with van der Waals surface area (Å²) in [5.74, 6) is -0.355. The maximum absolute atomic E-state index is 13.2. The molecule has 0 aliphatic heterocycles. The van der Waals surface area contributed by atoms with Gasteiger partial charge in [-0.3, -0.25) is 0 Å². The van der Waals surface area contributed by atoms with Crippen molar-refractivity contribution < 1.29 is 4.39 Å². The van der Waals surface area contributed by atoms with Gasteiger partial charge in [0.15, 0.2) is 0 Å². The lowest BCUT2D eigenvalue weighted by molar-refractivity contribution is 0.622. The quantitative estimate of drug-likeness (QED) is 0.616. The van der Waals surface area contributed by atoms with Crippen molar-refractivity contribution in [1.29, 1.82) is 0 Å². The summed E-state index contributed by atoms with van der Waals surface area (Å²) < 4.78 is 13.2. The monoisotopic (exact) mass is 175 g/mol. The van der Waals surface area contributed by atoms with Crippen LogP contribution in [0.2, 0.25) is 0 Å². The van der Waals surface area contributed by atoms with E-state index in [0.717, 1.165) is 5.56 Å². The minimum atomic E-state index is -0.261. The summed E-state index contributed by atoms with van der Waals surface area (Å²) in [6, 6.07) is 4.91. The van der Waals surface area contributed by atoms with Crippen LogP contribution >= 0.6 is 0 Å². The lowest BCUT2D eigenvalue weighted by atomic mass is 9.95. The summed E-state index contributed by atoms with van der Waals surface area (Å²) in [6.45, 7) is 11.0. The van der Waals surface area contributed by atoms with Gasteiger partial charge in [-0.1, -0.05) is 30.9 Å². The first-order valence-corrected chi connectivity index (χ1v) is 4.07. The van der Waals surface area contributed by atoms with E-state index in [4.69, 9.17) is 0 Å². The van der Waals surface area contributed by atoms with E-state index < -0.39 is 0 Å². The molecule has 1 rings (SSSR count). The van der Waals surface area contributed by atoms with Crippen molar-refractivity contribution in [3.05, 3.63) is 61.3 Å². The molecule has 0 bridgehead atoms. The van der Waals surface area contributed by atoms with Gasteiger partial charge in [0.25, 0.3) is 0 Å². The van der Waals surface area contributed by atoms with Crippen LogP contribution in [0.3, 0.4) is 0 Å². The molecule has 0 saturated heterocycles. The third kappa shape index (κ3) is 1.86. The zero-order valence-corrected chi connectivity index (χ0v) is 7.46. The largest absolute Gasteiger partial charge is 0.206 e. The predicted octanol–water partition coefficient (Wildman–Crippen LogP) is 3.57. The van der Waals surface area contributed by atoms with Crippen molar-refractivity contribution in [3.8, 4) is 0 Å². The van der Waals surface area contributed by atoms with Crippen molar-refractivity contribution in [2.24, 2.45) is 0 Å². The Bertz CT molecular complexity index is 326. The molecule has 0 aromatic heterocycles. The summed E-state index contributed by atoms with van der Waals surface area (Å²) in [6.07, 6.45) is 3.19. The highest BCUT2D eigenvalue weighted by Crippen LogP contribution is 2.23. The first kappa shape index (κ1) is 9.72. The Morgan fingerprint density at radius 1 is 1.31 bits per heavy atom. The molecule has 0 spiro atoms. The summed E-state index contributed by atoms with van der Waals surface area (Å²) in [5, 5.41) is 0. The maximum atomic E-state index is 13.2. The number of halogens is 1. The smallest absolute Gasteiger partial charge is 0.130 e. The maximum Gasteiger partial charge on any atom is 0.130 e. The van der Waals surface area contributed by atoms with E-state index in [0.29, 0.717) is 5.56 Å². The van der Waals surface area contributed by atoms with Gasteiger partial charge in [0.05, 0.1) is 0 Å². The van der Waals surface area contributed by atoms with E-state index in [1.165, 1.54) is 12.1 Å². The van der Waals surface area contributed by atoms with Gasteiger partial charge in [0.2, 0.25) is 0 Å². The Kier molecular flexibility index (Phi) is 3.02. The SMILES string of the molecule is [CH2]C(C=C)c1cccc(F)c1C=C. The zero-order valence-electron chi connectivity index (χ0n) is 7.46. The fraction of sp³-hybridized carbons (Fsp3) is 0.0833. The van der Waals surface area contributed by atoms with Crippen LogP contribution in [0.15, 0.2) is 37.4 Å². The molecule has 0 N–H and O–H groups in total. The third-order valence-corrected chi connectivity index (χ3v) is 1.97. The van der Waals surface area contributed by atoms with Gasteiger partial charge in [0, 0.05) is 11.5 Å². The Balaban J connectivity index is 3.27. The van der Waals surface area contributed by atoms with Gasteiger partial charge in [0.1, 0.15) is 5.82 Å². The number of hydrogen-bond acceptors (Lipinski definition) is 0. The molecule has 1 aromatic rings.